The molecule has 2 aliphatic heterocycles. The third kappa shape index (κ3) is 5.44. The lowest BCUT2D eigenvalue weighted by molar-refractivity contribution is -0.156. The fraction of sp³-hybridized carbons (Fsp3) is 0.476. The molecule has 0 saturated carbocycles. The molecule has 1 aromatic heterocycles. The molecule has 3 heterocycles. The van der Waals surface area contributed by atoms with Crippen molar-refractivity contribution in [2.45, 2.75) is 34.6 Å². The Labute approximate surface area is 200 Å². The smallest absolute Gasteiger partial charge is 0.492 e. The van der Waals surface area contributed by atoms with Crippen molar-refractivity contribution in [3.63, 3.8) is 0 Å². The first-order valence-corrected chi connectivity index (χ1v) is 12.4. The average molecular weight is 492 g/mol. The molecule has 4 atom stereocenters. The summed E-state index contributed by atoms with van der Waals surface area (Å²) in [5.74, 6) is 1.17. The Hall–Kier alpha value is -2.73. The third-order valence-electron chi connectivity index (χ3n) is 5.33. The van der Waals surface area contributed by atoms with Crippen LogP contribution in [0.1, 0.15) is 12.5 Å². The predicted molar refractivity (Wildman–Crippen MR) is 123 cm³/mol. The molecule has 2 saturated heterocycles. The summed E-state index contributed by atoms with van der Waals surface area (Å²) < 4.78 is 17.7. The van der Waals surface area contributed by atoms with Gasteiger partial charge in [-0.15, -0.1) is 16.9 Å². The molecule has 33 heavy (non-hydrogen) atoms. The minimum Gasteiger partial charge on any atom is -0.492 e. The zero-order chi connectivity index (χ0) is 23.4. The maximum Gasteiger partial charge on any atom is 0.508 e. The van der Waals surface area contributed by atoms with Crippen LogP contribution in [0, 0.1) is 5.92 Å². The summed E-state index contributed by atoms with van der Waals surface area (Å²) in [6, 6.07) is 7.92. The number of β-lactam (4-membered cyclic amide) rings is 1. The van der Waals surface area contributed by atoms with Gasteiger partial charge in [-0.3, -0.25) is 4.79 Å². The molecule has 1 aromatic carbocycles. The molecule has 4 rings (SSSR count). The summed E-state index contributed by atoms with van der Waals surface area (Å²) in [7, 11) is 1.81. The van der Waals surface area contributed by atoms with Crippen molar-refractivity contribution in [1.29, 1.82) is 0 Å². The predicted octanol–water partition coefficient (Wildman–Crippen LogP) is 2.51. The number of carbonyl (C=O) groups is 2. The maximum atomic E-state index is 12.5. The number of tetrazole rings is 1. The van der Waals surface area contributed by atoms with Crippen LogP contribution >= 0.6 is 23.5 Å². The molecule has 0 spiro atoms. The van der Waals surface area contributed by atoms with Gasteiger partial charge in [-0.1, -0.05) is 36.5 Å². The normalized spacial score (nSPS) is 22.3. The fourth-order valence-corrected chi connectivity index (χ4v) is 6.07. The first kappa shape index (κ1) is 23.4. The quantitative estimate of drug-likeness (QED) is 0.213. The number of nitrogens with zero attached hydrogens (tertiary/aromatic N) is 5. The molecule has 0 bridgehead atoms. The van der Waals surface area contributed by atoms with Crippen molar-refractivity contribution in [2.75, 3.05) is 19.8 Å². The monoisotopic (exact) mass is 491 g/mol. The number of rotatable bonds is 10. The van der Waals surface area contributed by atoms with Crippen LogP contribution < -0.4 is 4.74 Å². The van der Waals surface area contributed by atoms with E-state index in [0.717, 1.165) is 22.2 Å². The van der Waals surface area contributed by atoms with Crippen LogP contribution in [0.4, 0.5) is 4.79 Å². The lowest BCUT2D eigenvalue weighted by Crippen LogP contribution is -2.60. The van der Waals surface area contributed by atoms with E-state index in [1.807, 2.05) is 36.2 Å². The summed E-state index contributed by atoms with van der Waals surface area (Å²) in [4.78, 5) is 26.0. The van der Waals surface area contributed by atoms with Gasteiger partial charge in [0.25, 0.3) is 0 Å². The van der Waals surface area contributed by atoms with Gasteiger partial charge < -0.3 is 19.1 Å². The molecule has 1 unspecified atom stereocenters. The van der Waals surface area contributed by atoms with Crippen molar-refractivity contribution in [3.8, 4) is 5.75 Å². The largest absolute Gasteiger partial charge is 0.508 e. The molecule has 0 N–H and O–H groups in total. The first-order valence-electron chi connectivity index (χ1n) is 10.4. The van der Waals surface area contributed by atoms with E-state index in [9.17, 15) is 9.59 Å². The Morgan fingerprint density at radius 2 is 2.18 bits per heavy atom. The highest BCUT2D eigenvalue weighted by molar-refractivity contribution is 8.01. The summed E-state index contributed by atoms with van der Waals surface area (Å²) in [6.07, 6.45) is 0.126. The van der Waals surface area contributed by atoms with Crippen LogP contribution in [0.25, 0.3) is 0 Å². The molecular weight excluding hydrogens is 466 g/mol. The van der Waals surface area contributed by atoms with Crippen LogP contribution in [-0.4, -0.2) is 73.7 Å². The van der Waals surface area contributed by atoms with E-state index in [4.69, 9.17) is 14.2 Å². The minimum absolute atomic E-state index is 0.000939. The lowest BCUT2D eigenvalue weighted by atomic mass is 9.93. The Morgan fingerprint density at radius 3 is 2.88 bits per heavy atom. The number of carbonyl (C=O) groups excluding carboxylic acids is 2. The van der Waals surface area contributed by atoms with Gasteiger partial charge in [0.1, 0.15) is 31.0 Å². The van der Waals surface area contributed by atoms with Gasteiger partial charge in [-0.05, 0) is 35.0 Å². The molecule has 1 amide bonds. The highest BCUT2D eigenvalue weighted by Gasteiger charge is 2.56. The topological polar surface area (TPSA) is 109 Å². The molecular formula is C21H25N5O5S2. The number of ether oxygens (including phenoxy) is 3. The minimum atomic E-state index is -0.786. The number of hydrogen-bond donors (Lipinski definition) is 0. The number of benzene rings is 1. The molecule has 10 nitrogen and oxygen atoms in total. The number of aryl methyl sites for hydroxylation is 1. The highest BCUT2D eigenvalue weighted by Crippen LogP contribution is 2.45. The van der Waals surface area contributed by atoms with E-state index in [-0.39, 0.29) is 29.1 Å². The van der Waals surface area contributed by atoms with E-state index in [1.54, 1.807) is 35.1 Å². The lowest BCUT2D eigenvalue weighted by Gasteiger charge is -2.43. The Kier molecular flexibility index (Phi) is 7.43. The average Bonchev–Trinajstić information content (AvgIpc) is 3.38. The van der Waals surface area contributed by atoms with Gasteiger partial charge in [-0.25, -0.2) is 9.48 Å². The Morgan fingerprint density at radius 1 is 1.39 bits per heavy atom. The molecule has 2 aliphatic rings. The number of thioether (sulfide) groups is 2. The van der Waals surface area contributed by atoms with Gasteiger partial charge in [0, 0.05) is 19.3 Å². The van der Waals surface area contributed by atoms with Crippen molar-refractivity contribution in [3.05, 3.63) is 42.5 Å². The van der Waals surface area contributed by atoms with Crippen molar-refractivity contribution in [1.82, 2.24) is 25.1 Å². The van der Waals surface area contributed by atoms with E-state index < -0.39 is 12.3 Å². The number of fused-ring (bicyclic) bond motifs is 1. The van der Waals surface area contributed by atoms with E-state index in [0.29, 0.717) is 13.2 Å². The van der Waals surface area contributed by atoms with Gasteiger partial charge in [-0.2, -0.15) is 0 Å². The summed E-state index contributed by atoms with van der Waals surface area (Å²) in [6.45, 7) is 6.40. The molecule has 0 aliphatic carbocycles. The summed E-state index contributed by atoms with van der Waals surface area (Å²) in [5, 5.41) is 12.3. The second-order valence-corrected chi connectivity index (χ2v) is 10.0. The van der Waals surface area contributed by atoms with Crippen LogP contribution in [-0.2, 0) is 27.1 Å². The van der Waals surface area contributed by atoms with E-state index in [2.05, 4.69) is 22.1 Å². The van der Waals surface area contributed by atoms with E-state index >= 15 is 0 Å². The van der Waals surface area contributed by atoms with Crippen LogP contribution in [0.3, 0.4) is 0 Å². The highest BCUT2D eigenvalue weighted by atomic mass is 32.2. The summed E-state index contributed by atoms with van der Waals surface area (Å²) >= 11 is 3.25. The molecule has 0 radical (unpaired) electrons. The Bertz CT molecular complexity index is 1000. The molecule has 2 aromatic rings. The van der Waals surface area contributed by atoms with Crippen LogP contribution in [0.2, 0.25) is 0 Å². The first-order chi connectivity index (χ1) is 16.0. The zero-order valence-electron chi connectivity index (χ0n) is 18.3. The number of amides is 1. The van der Waals surface area contributed by atoms with Crippen molar-refractivity contribution >= 4 is 35.6 Å². The van der Waals surface area contributed by atoms with E-state index in [1.165, 1.54) is 6.08 Å². The summed E-state index contributed by atoms with van der Waals surface area (Å²) in [5.41, 5.74) is 1.14. The van der Waals surface area contributed by atoms with Crippen LogP contribution in [0.15, 0.2) is 42.1 Å². The number of aromatic nitrogens is 4. The maximum absolute atomic E-state index is 12.5. The molecule has 176 valence electrons. The number of hydrogen-bond acceptors (Lipinski definition) is 10. The Balaban J connectivity index is 1.22. The van der Waals surface area contributed by atoms with Crippen molar-refractivity contribution < 1.29 is 23.8 Å². The second kappa shape index (κ2) is 10.5. The zero-order valence-corrected chi connectivity index (χ0v) is 20.0. The second-order valence-electron chi connectivity index (χ2n) is 7.67. The molecule has 2 fully saturated rings. The van der Waals surface area contributed by atoms with Crippen LogP contribution in [0.5, 0.6) is 5.75 Å². The standard InChI is InChI=1S/C21H25N5O5S2/c1-4-9-29-21(28)31-13(2)17-18(27)26-10-16(33-19(17)26)11-30-15-7-5-14(6-8-15)12-32-20-22-23-24-25(20)3/h4-8,13,16-17,19H,1,9-12H2,2-3H3/t13-,16?,17+,19-/m1/s1. The SMILES string of the molecule is C=CCOC(=O)O[C@H](C)[C@H]1C(=O)N2CC(COc3ccc(CSc4nnnn4C)cc3)S[C@H]12. The third-order valence-corrected chi connectivity index (χ3v) is 7.91. The van der Waals surface area contributed by atoms with Crippen molar-refractivity contribution in [2.24, 2.45) is 13.0 Å². The van der Waals surface area contributed by atoms with Gasteiger partial charge in [0.2, 0.25) is 11.1 Å². The van der Waals surface area contributed by atoms with Gasteiger partial charge in [0.05, 0.1) is 10.6 Å². The van der Waals surface area contributed by atoms with Gasteiger partial charge in [0.15, 0.2) is 0 Å². The molecule has 12 heteroatoms. The van der Waals surface area contributed by atoms with Gasteiger partial charge >= 0.3 is 6.16 Å². The fourth-order valence-electron chi connectivity index (χ4n) is 3.64.